The second-order valence-corrected chi connectivity index (χ2v) is 6.17. The summed E-state index contributed by atoms with van der Waals surface area (Å²) in [6, 6.07) is 10.2. The first kappa shape index (κ1) is 17.2. The number of nitrogens with one attached hydrogen (secondary N) is 1. The second-order valence-electron chi connectivity index (χ2n) is 4.46. The highest BCUT2D eigenvalue weighted by molar-refractivity contribution is 9.11. The molecule has 1 amide bonds. The molecule has 23 heavy (non-hydrogen) atoms. The van der Waals surface area contributed by atoms with E-state index in [9.17, 15) is 14.3 Å². The van der Waals surface area contributed by atoms with Crippen LogP contribution in [0.5, 0.6) is 5.75 Å². The fourth-order valence-electron chi connectivity index (χ4n) is 1.72. The quantitative estimate of drug-likeness (QED) is 0.542. The second kappa shape index (κ2) is 7.40. The molecular weight excluding hydrogens is 431 g/mol. The van der Waals surface area contributed by atoms with E-state index in [1.165, 1.54) is 30.3 Å². The van der Waals surface area contributed by atoms with Gasteiger partial charge in [0.1, 0.15) is 23.2 Å². The molecule has 0 heterocycles. The van der Waals surface area contributed by atoms with Crippen LogP contribution in [0.1, 0.15) is 5.56 Å². The molecule has 2 aromatic carbocycles. The summed E-state index contributed by atoms with van der Waals surface area (Å²) in [5, 5.41) is 21.3. The van der Waals surface area contributed by atoms with Crippen molar-refractivity contribution in [1.82, 2.24) is 0 Å². The number of carbonyl (C=O) groups excluding carboxylic acids is 1. The molecule has 0 bridgehead atoms. The maximum absolute atomic E-state index is 12.8. The average molecular weight is 440 g/mol. The van der Waals surface area contributed by atoms with Gasteiger partial charge < -0.3 is 10.4 Å². The van der Waals surface area contributed by atoms with Gasteiger partial charge in [-0.1, -0.05) is 0 Å². The molecule has 0 atom stereocenters. The Kier molecular flexibility index (Phi) is 5.53. The van der Waals surface area contributed by atoms with Crippen molar-refractivity contribution in [2.45, 2.75) is 0 Å². The summed E-state index contributed by atoms with van der Waals surface area (Å²) in [4.78, 5) is 12.1. The SMILES string of the molecule is N#C/C(=C/c1cc(Br)c(O)c(Br)c1)C(=O)Nc1ccc(F)cc1. The van der Waals surface area contributed by atoms with Crippen molar-refractivity contribution in [3.63, 3.8) is 0 Å². The number of carbonyl (C=O) groups is 1. The van der Waals surface area contributed by atoms with Crippen molar-refractivity contribution >= 4 is 49.5 Å². The van der Waals surface area contributed by atoms with Crippen molar-refractivity contribution in [3.05, 3.63) is 62.3 Å². The number of aromatic hydroxyl groups is 1. The monoisotopic (exact) mass is 438 g/mol. The van der Waals surface area contributed by atoms with Gasteiger partial charge in [-0.2, -0.15) is 5.26 Å². The summed E-state index contributed by atoms with van der Waals surface area (Å²) in [5.41, 5.74) is 0.803. The van der Waals surface area contributed by atoms with Crippen LogP contribution in [0.4, 0.5) is 10.1 Å². The van der Waals surface area contributed by atoms with Crippen LogP contribution in [-0.2, 0) is 4.79 Å². The van der Waals surface area contributed by atoms with Gasteiger partial charge in [-0.25, -0.2) is 4.39 Å². The summed E-state index contributed by atoms with van der Waals surface area (Å²) >= 11 is 6.36. The van der Waals surface area contributed by atoms with Crippen LogP contribution in [-0.4, -0.2) is 11.0 Å². The van der Waals surface area contributed by atoms with Crippen molar-refractivity contribution < 1.29 is 14.3 Å². The number of benzene rings is 2. The Morgan fingerprint density at radius 2 is 1.78 bits per heavy atom. The predicted molar refractivity (Wildman–Crippen MR) is 92.1 cm³/mol. The van der Waals surface area contributed by atoms with Crippen molar-refractivity contribution in [2.24, 2.45) is 0 Å². The fraction of sp³-hybridized carbons (Fsp3) is 0. The molecule has 0 spiro atoms. The highest BCUT2D eigenvalue weighted by Crippen LogP contribution is 2.34. The Labute approximate surface area is 148 Å². The molecule has 0 aliphatic heterocycles. The van der Waals surface area contributed by atoms with Gasteiger partial charge in [0, 0.05) is 5.69 Å². The molecule has 0 aliphatic rings. The first-order valence-electron chi connectivity index (χ1n) is 6.27. The van der Waals surface area contributed by atoms with Crippen LogP contribution in [0.2, 0.25) is 0 Å². The van der Waals surface area contributed by atoms with Crippen molar-refractivity contribution in [3.8, 4) is 11.8 Å². The first-order valence-corrected chi connectivity index (χ1v) is 7.86. The molecule has 0 unspecified atom stereocenters. The molecule has 2 aromatic rings. The number of anilines is 1. The third kappa shape index (κ3) is 4.41. The molecule has 0 aromatic heterocycles. The zero-order chi connectivity index (χ0) is 17.0. The maximum atomic E-state index is 12.8. The largest absolute Gasteiger partial charge is 0.506 e. The molecule has 116 valence electrons. The van der Waals surface area contributed by atoms with Gasteiger partial charge >= 0.3 is 0 Å². The zero-order valence-corrected chi connectivity index (χ0v) is 14.7. The minimum absolute atomic E-state index is 0.0245. The van der Waals surface area contributed by atoms with E-state index in [-0.39, 0.29) is 11.3 Å². The van der Waals surface area contributed by atoms with Crippen LogP contribution in [0.25, 0.3) is 6.08 Å². The first-order chi connectivity index (χ1) is 10.9. The average Bonchev–Trinajstić information content (AvgIpc) is 2.52. The smallest absolute Gasteiger partial charge is 0.266 e. The Morgan fingerprint density at radius 3 is 2.30 bits per heavy atom. The van der Waals surface area contributed by atoms with Crippen LogP contribution in [0.15, 0.2) is 50.9 Å². The number of phenols is 1. The van der Waals surface area contributed by atoms with E-state index in [2.05, 4.69) is 37.2 Å². The lowest BCUT2D eigenvalue weighted by Crippen LogP contribution is -2.13. The lowest BCUT2D eigenvalue weighted by molar-refractivity contribution is -0.112. The Morgan fingerprint density at radius 1 is 1.22 bits per heavy atom. The Bertz CT molecular complexity index is 804. The van der Waals surface area contributed by atoms with Crippen LogP contribution in [0.3, 0.4) is 0 Å². The third-order valence-corrected chi connectivity index (χ3v) is 4.03. The van der Waals surface area contributed by atoms with E-state index < -0.39 is 11.7 Å². The number of hydrogen-bond donors (Lipinski definition) is 2. The van der Waals surface area contributed by atoms with Crippen molar-refractivity contribution in [1.29, 1.82) is 5.26 Å². The molecular formula is C16H9Br2FN2O2. The summed E-state index contributed by atoms with van der Waals surface area (Å²) in [6.45, 7) is 0. The van der Waals surface area contributed by atoms with Crippen LogP contribution >= 0.6 is 31.9 Å². The number of nitrogens with zero attached hydrogens (tertiary/aromatic N) is 1. The third-order valence-electron chi connectivity index (χ3n) is 2.82. The summed E-state index contributed by atoms with van der Waals surface area (Å²) in [5.74, 6) is -1.01. The zero-order valence-electron chi connectivity index (χ0n) is 11.5. The van der Waals surface area contributed by atoms with E-state index in [0.717, 1.165) is 0 Å². The molecule has 4 nitrogen and oxygen atoms in total. The number of amides is 1. The predicted octanol–water partition coefficient (Wildman–Crippen LogP) is 4.60. The van der Waals surface area contributed by atoms with Crippen LogP contribution in [0, 0.1) is 17.1 Å². The van der Waals surface area contributed by atoms with Gasteiger partial charge in [-0.3, -0.25) is 4.79 Å². The lowest BCUT2D eigenvalue weighted by Gasteiger charge is -2.05. The summed E-state index contributed by atoms with van der Waals surface area (Å²) in [7, 11) is 0. The van der Waals surface area contributed by atoms with Gasteiger partial charge in [0.25, 0.3) is 5.91 Å². The van der Waals surface area contributed by atoms with E-state index in [1.54, 1.807) is 12.1 Å². The number of hydrogen-bond acceptors (Lipinski definition) is 3. The lowest BCUT2D eigenvalue weighted by atomic mass is 10.1. The minimum atomic E-state index is -0.612. The van der Waals surface area contributed by atoms with Gasteiger partial charge in [0.15, 0.2) is 0 Å². The standard InChI is InChI=1S/C16H9Br2FN2O2/c17-13-6-9(7-14(18)15(13)22)5-10(8-20)16(23)21-12-3-1-11(19)2-4-12/h1-7,22H,(H,21,23)/b10-5-. The topological polar surface area (TPSA) is 73.1 Å². The van der Waals surface area contributed by atoms with E-state index >= 15 is 0 Å². The Balaban J connectivity index is 2.26. The van der Waals surface area contributed by atoms with Gasteiger partial charge in [-0.05, 0) is 79.9 Å². The van der Waals surface area contributed by atoms with Gasteiger partial charge in [0.2, 0.25) is 0 Å². The summed E-state index contributed by atoms with van der Waals surface area (Å²) < 4.78 is 13.7. The van der Waals surface area contributed by atoms with Gasteiger partial charge in [0.05, 0.1) is 8.95 Å². The molecule has 0 saturated carbocycles. The van der Waals surface area contributed by atoms with E-state index in [0.29, 0.717) is 20.2 Å². The normalized spacial score (nSPS) is 11.0. The molecule has 0 saturated heterocycles. The number of nitriles is 1. The number of rotatable bonds is 3. The molecule has 0 fully saturated rings. The summed E-state index contributed by atoms with van der Waals surface area (Å²) in [6.07, 6.45) is 1.38. The molecule has 0 aliphatic carbocycles. The number of halogens is 3. The van der Waals surface area contributed by atoms with Gasteiger partial charge in [-0.15, -0.1) is 0 Å². The highest BCUT2D eigenvalue weighted by Gasteiger charge is 2.11. The number of phenolic OH excluding ortho intramolecular Hbond substituents is 1. The van der Waals surface area contributed by atoms with Crippen LogP contribution < -0.4 is 5.32 Å². The molecule has 7 heteroatoms. The van der Waals surface area contributed by atoms with E-state index in [4.69, 9.17) is 5.26 Å². The molecule has 0 radical (unpaired) electrons. The molecule has 2 rings (SSSR count). The molecule has 2 N–H and O–H groups in total. The maximum Gasteiger partial charge on any atom is 0.266 e. The van der Waals surface area contributed by atoms with Crippen molar-refractivity contribution in [2.75, 3.05) is 5.32 Å². The minimum Gasteiger partial charge on any atom is -0.506 e. The highest BCUT2D eigenvalue weighted by atomic mass is 79.9. The fourth-order valence-corrected chi connectivity index (χ4v) is 2.94. The Hall–Kier alpha value is -2.17. The van der Waals surface area contributed by atoms with E-state index in [1.807, 2.05) is 6.07 Å².